The number of hydrogen-bond donors (Lipinski definition) is 0. The van der Waals surface area contributed by atoms with Crippen molar-refractivity contribution in [3.05, 3.63) is 71.6 Å². The van der Waals surface area contributed by atoms with Crippen molar-refractivity contribution in [2.75, 3.05) is 37.7 Å². The fourth-order valence-electron chi connectivity index (χ4n) is 4.79. The lowest BCUT2D eigenvalue weighted by atomic mass is 9.90. The van der Waals surface area contributed by atoms with E-state index in [1.165, 1.54) is 0 Å². The quantitative estimate of drug-likeness (QED) is 0.141. The molecule has 2 aromatic carbocycles. The van der Waals surface area contributed by atoms with Gasteiger partial charge in [-0.05, 0) is 57.5 Å². The van der Waals surface area contributed by atoms with Crippen LogP contribution in [-0.4, -0.2) is 38.8 Å². The highest BCUT2D eigenvalue weighted by Gasteiger charge is 2.23. The van der Waals surface area contributed by atoms with Crippen molar-refractivity contribution < 1.29 is 13.9 Å². The molecule has 5 nitrogen and oxygen atoms in total. The lowest BCUT2D eigenvalue weighted by Crippen LogP contribution is -2.29. The monoisotopic (exact) mass is 481 g/mol. The van der Waals surface area contributed by atoms with E-state index < -0.39 is 5.97 Å². The highest BCUT2D eigenvalue weighted by Crippen LogP contribution is 2.42. The Morgan fingerprint density at radius 2 is 1.72 bits per heavy atom. The molecule has 0 aromatic heterocycles. The molecule has 0 spiro atoms. The number of terminal acetylenes is 1. The molecule has 0 fully saturated rings. The highest BCUT2D eigenvalue weighted by atomic mass is 16.5. The summed E-state index contributed by atoms with van der Waals surface area (Å²) in [7, 11) is 0. The lowest BCUT2D eigenvalue weighted by Gasteiger charge is -2.22. The fourth-order valence-corrected chi connectivity index (χ4v) is 4.79. The molecule has 184 valence electrons. The first-order valence-corrected chi connectivity index (χ1v) is 12.6. The van der Waals surface area contributed by atoms with Crippen molar-refractivity contribution in [2.24, 2.45) is 0 Å². The predicted molar refractivity (Wildman–Crippen MR) is 147 cm³/mol. The topological polar surface area (TPSA) is 45.7 Å². The van der Waals surface area contributed by atoms with Crippen LogP contribution in [0.25, 0.3) is 33.4 Å². The minimum atomic E-state index is -0.440. The van der Waals surface area contributed by atoms with Crippen LogP contribution < -0.4 is 14.8 Å². The van der Waals surface area contributed by atoms with Crippen LogP contribution in [0.3, 0.4) is 0 Å². The van der Waals surface area contributed by atoms with Gasteiger partial charge in [-0.25, -0.2) is 9.37 Å². The highest BCUT2D eigenvalue weighted by molar-refractivity contribution is 6.08. The first-order chi connectivity index (χ1) is 17.6. The second-order valence-corrected chi connectivity index (χ2v) is 8.51. The Morgan fingerprint density at radius 1 is 0.972 bits per heavy atom. The number of fused-ring (bicyclic) bond motifs is 2. The number of anilines is 1. The Kier molecular flexibility index (Phi) is 7.75. The molecular formula is C31H33N2O3+. The molecule has 1 aliphatic carbocycles. The standard InChI is InChI=1S/C31H33N2O3/c1-6-19-35-31(34)25-14-12-11-13-24(25)30-26-17-15-22(32(7-2)8-3)20-28(26)36-29-21-23(16-18-27(29)30)33(9-4)10-5/h1,11-18,20-21H,7-10,19H2,2-5H3/q+1. The molecule has 0 saturated carbocycles. The van der Waals surface area contributed by atoms with E-state index in [1.54, 1.807) is 6.07 Å². The number of esters is 1. The van der Waals surface area contributed by atoms with Gasteiger partial charge in [-0.1, -0.05) is 24.1 Å². The van der Waals surface area contributed by atoms with Gasteiger partial charge < -0.3 is 14.1 Å². The minimum Gasteiger partial charge on any atom is -0.456 e. The van der Waals surface area contributed by atoms with Gasteiger partial charge in [0.2, 0.25) is 5.36 Å². The maximum Gasteiger partial charge on any atom is 0.339 e. The molecule has 5 heteroatoms. The second-order valence-electron chi connectivity index (χ2n) is 8.51. The summed E-state index contributed by atoms with van der Waals surface area (Å²) in [5.41, 5.74) is 5.01. The average Bonchev–Trinajstić information content (AvgIpc) is 2.91. The summed E-state index contributed by atoms with van der Waals surface area (Å²) in [6.45, 7) is 12.1. The van der Waals surface area contributed by atoms with Crippen molar-refractivity contribution in [3.63, 3.8) is 0 Å². The first kappa shape index (κ1) is 25.1. The molecule has 0 saturated heterocycles. The number of nitrogens with zero attached hydrogens (tertiary/aromatic N) is 2. The zero-order valence-corrected chi connectivity index (χ0v) is 21.5. The molecule has 36 heavy (non-hydrogen) atoms. The Morgan fingerprint density at radius 3 is 2.42 bits per heavy atom. The Hall–Kier alpha value is -4.04. The smallest absolute Gasteiger partial charge is 0.339 e. The predicted octanol–water partition coefficient (Wildman–Crippen LogP) is 5.65. The van der Waals surface area contributed by atoms with Gasteiger partial charge in [-0.3, -0.25) is 0 Å². The molecule has 1 heterocycles. The van der Waals surface area contributed by atoms with Crippen LogP contribution in [0.5, 0.6) is 0 Å². The van der Waals surface area contributed by atoms with E-state index in [9.17, 15) is 4.79 Å². The Bertz CT molecular complexity index is 1470. The third-order valence-electron chi connectivity index (χ3n) is 6.65. The maximum absolute atomic E-state index is 13.0. The lowest BCUT2D eigenvalue weighted by molar-refractivity contribution is 0.0557. The van der Waals surface area contributed by atoms with Gasteiger partial charge in [0.15, 0.2) is 6.61 Å². The molecule has 2 aromatic rings. The number of rotatable bonds is 8. The van der Waals surface area contributed by atoms with Gasteiger partial charge >= 0.3 is 5.97 Å². The molecule has 0 N–H and O–H groups in total. The van der Waals surface area contributed by atoms with Crippen LogP contribution in [0.1, 0.15) is 38.1 Å². The van der Waals surface area contributed by atoms with Crippen molar-refractivity contribution in [1.82, 2.24) is 4.58 Å². The molecule has 0 unspecified atom stereocenters. The summed E-state index contributed by atoms with van der Waals surface area (Å²) in [6, 6.07) is 20.1. The van der Waals surface area contributed by atoms with E-state index in [0.717, 1.165) is 70.6 Å². The number of hydrogen-bond acceptors (Lipinski definition) is 4. The number of ether oxygens (including phenoxy) is 1. The SMILES string of the molecule is C#CCOC(=O)c1ccccc1-c1c2ccc(=[N+](CC)CC)cc-2oc2cc(N(CC)CC)ccc12. The fraction of sp³-hybridized carbons (Fsp3) is 0.290. The number of benzene rings is 3. The van der Waals surface area contributed by atoms with E-state index in [4.69, 9.17) is 15.6 Å². The molecular weight excluding hydrogens is 448 g/mol. The largest absolute Gasteiger partial charge is 0.456 e. The number of carbonyl (C=O) groups excluding carboxylic acids is 1. The second kappa shape index (κ2) is 11.1. The summed E-state index contributed by atoms with van der Waals surface area (Å²) in [4.78, 5) is 15.2. The van der Waals surface area contributed by atoms with Crippen LogP contribution >= 0.6 is 0 Å². The summed E-state index contributed by atoms with van der Waals surface area (Å²) in [6.07, 6.45) is 5.33. The van der Waals surface area contributed by atoms with Gasteiger partial charge in [0.25, 0.3) is 0 Å². The van der Waals surface area contributed by atoms with E-state index in [2.05, 4.69) is 79.5 Å². The molecule has 0 radical (unpaired) electrons. The van der Waals surface area contributed by atoms with Crippen LogP contribution in [0.15, 0.2) is 65.1 Å². The molecule has 0 bridgehead atoms. The Labute approximate surface area is 213 Å². The summed E-state index contributed by atoms with van der Waals surface area (Å²) in [5, 5.41) is 2.04. The average molecular weight is 482 g/mol. The first-order valence-electron chi connectivity index (χ1n) is 12.6. The third-order valence-corrected chi connectivity index (χ3v) is 6.65. The zero-order chi connectivity index (χ0) is 25.7. The molecule has 4 rings (SSSR count). The van der Waals surface area contributed by atoms with Gasteiger partial charge in [0.05, 0.1) is 11.6 Å². The maximum atomic E-state index is 13.0. The van der Waals surface area contributed by atoms with Crippen LogP contribution in [0.2, 0.25) is 0 Å². The summed E-state index contributed by atoms with van der Waals surface area (Å²) < 4.78 is 14.1. The van der Waals surface area contributed by atoms with E-state index in [0.29, 0.717) is 5.56 Å². The number of carbonyl (C=O) groups is 1. The van der Waals surface area contributed by atoms with Crippen molar-refractivity contribution >= 4 is 22.6 Å². The van der Waals surface area contributed by atoms with Gasteiger partial charge in [0, 0.05) is 47.4 Å². The Balaban J connectivity index is 2.08. The van der Waals surface area contributed by atoms with E-state index in [-0.39, 0.29) is 6.61 Å². The van der Waals surface area contributed by atoms with Crippen molar-refractivity contribution in [3.8, 4) is 34.8 Å². The van der Waals surface area contributed by atoms with E-state index >= 15 is 0 Å². The van der Waals surface area contributed by atoms with Crippen LogP contribution in [0.4, 0.5) is 5.69 Å². The molecule has 0 atom stereocenters. The summed E-state index contributed by atoms with van der Waals surface area (Å²) in [5.74, 6) is 2.70. The van der Waals surface area contributed by atoms with Crippen LogP contribution in [-0.2, 0) is 4.74 Å². The van der Waals surface area contributed by atoms with Gasteiger partial charge in [0.1, 0.15) is 24.4 Å². The molecule has 0 amide bonds. The van der Waals surface area contributed by atoms with E-state index in [1.807, 2.05) is 18.2 Å². The van der Waals surface area contributed by atoms with Crippen molar-refractivity contribution in [1.29, 1.82) is 0 Å². The third kappa shape index (κ3) is 4.72. The van der Waals surface area contributed by atoms with Crippen LogP contribution in [0, 0.1) is 12.3 Å². The zero-order valence-electron chi connectivity index (χ0n) is 21.5. The molecule has 2 aliphatic rings. The van der Waals surface area contributed by atoms with Crippen molar-refractivity contribution in [2.45, 2.75) is 27.7 Å². The summed E-state index contributed by atoms with van der Waals surface area (Å²) >= 11 is 0. The normalized spacial score (nSPS) is 10.9. The molecule has 1 aliphatic heterocycles. The minimum absolute atomic E-state index is 0.0702. The van der Waals surface area contributed by atoms with Gasteiger partial charge in [-0.2, -0.15) is 0 Å². The van der Waals surface area contributed by atoms with Gasteiger partial charge in [-0.15, -0.1) is 6.42 Å².